The molecule has 2 amide bonds. The van der Waals surface area contributed by atoms with E-state index in [1.807, 2.05) is 30.1 Å². The maximum absolute atomic E-state index is 12.8. The Bertz CT molecular complexity index is 889. The first kappa shape index (κ1) is 19.4. The number of carbonyl (C=O) groups is 2. The largest absolute Gasteiger partial charge is 0.491 e. The van der Waals surface area contributed by atoms with Crippen molar-refractivity contribution in [2.75, 3.05) is 39.5 Å². The van der Waals surface area contributed by atoms with E-state index in [1.165, 1.54) is 0 Å². The second-order valence-corrected chi connectivity index (χ2v) is 7.43. The van der Waals surface area contributed by atoms with Crippen molar-refractivity contribution in [1.82, 2.24) is 19.4 Å². The van der Waals surface area contributed by atoms with Crippen LogP contribution in [0.5, 0.6) is 5.75 Å². The van der Waals surface area contributed by atoms with Crippen molar-refractivity contribution in [2.24, 2.45) is 7.05 Å². The van der Waals surface area contributed by atoms with Gasteiger partial charge in [0.2, 0.25) is 5.91 Å². The van der Waals surface area contributed by atoms with Gasteiger partial charge >= 0.3 is 0 Å². The normalized spacial score (nSPS) is 16.7. The monoisotopic (exact) mass is 398 g/mol. The molecule has 4 rings (SSSR count). The van der Waals surface area contributed by atoms with Crippen molar-refractivity contribution in [2.45, 2.75) is 19.4 Å². The molecule has 3 heterocycles. The van der Waals surface area contributed by atoms with E-state index in [0.29, 0.717) is 64.5 Å². The number of imidazole rings is 1. The van der Waals surface area contributed by atoms with Crippen LogP contribution in [-0.2, 0) is 29.5 Å². The average Bonchev–Trinajstić information content (AvgIpc) is 3.07. The van der Waals surface area contributed by atoms with Crippen LogP contribution in [0.2, 0.25) is 0 Å². The van der Waals surface area contributed by atoms with Crippen LogP contribution in [0, 0.1) is 0 Å². The molecule has 2 aliphatic heterocycles. The Labute approximate surface area is 170 Å². The fraction of sp³-hybridized carbons (Fsp3) is 0.476. The number of hydrogen-bond donors (Lipinski definition) is 0. The van der Waals surface area contributed by atoms with Crippen LogP contribution in [0.1, 0.15) is 28.0 Å². The van der Waals surface area contributed by atoms with Crippen LogP contribution in [0.3, 0.4) is 0 Å². The minimum Gasteiger partial charge on any atom is -0.491 e. The minimum atomic E-state index is -0.102. The highest BCUT2D eigenvalue weighted by molar-refractivity contribution is 5.92. The molecule has 8 heteroatoms. The topological polar surface area (TPSA) is 76.9 Å². The summed E-state index contributed by atoms with van der Waals surface area (Å²) < 4.78 is 12.9. The molecular weight excluding hydrogens is 372 g/mol. The summed E-state index contributed by atoms with van der Waals surface area (Å²) in [5.41, 5.74) is 2.47. The fourth-order valence-electron chi connectivity index (χ4n) is 3.68. The lowest BCUT2D eigenvalue weighted by atomic mass is 10.0. The first-order valence-corrected chi connectivity index (χ1v) is 9.97. The van der Waals surface area contributed by atoms with Crippen LogP contribution >= 0.6 is 0 Å². The van der Waals surface area contributed by atoms with Crippen molar-refractivity contribution in [3.05, 3.63) is 47.5 Å². The molecule has 0 N–H and O–H groups in total. The Morgan fingerprint density at radius 2 is 1.90 bits per heavy atom. The van der Waals surface area contributed by atoms with Gasteiger partial charge in [0, 0.05) is 44.9 Å². The highest BCUT2D eigenvalue weighted by Gasteiger charge is 2.23. The number of carbonyl (C=O) groups excluding carboxylic acids is 2. The Morgan fingerprint density at radius 1 is 1.10 bits per heavy atom. The zero-order valence-electron chi connectivity index (χ0n) is 16.7. The summed E-state index contributed by atoms with van der Waals surface area (Å²) in [7, 11) is 1.84. The summed E-state index contributed by atoms with van der Waals surface area (Å²) in [5.74, 6) is 0.853. The molecule has 8 nitrogen and oxygen atoms in total. The average molecular weight is 398 g/mol. The number of nitrogens with zero attached hydrogens (tertiary/aromatic N) is 4. The van der Waals surface area contributed by atoms with Gasteiger partial charge in [-0.2, -0.15) is 0 Å². The second kappa shape index (κ2) is 8.65. The van der Waals surface area contributed by atoms with Gasteiger partial charge in [0.05, 0.1) is 26.1 Å². The van der Waals surface area contributed by atoms with Gasteiger partial charge in [0.15, 0.2) is 0 Å². The van der Waals surface area contributed by atoms with Gasteiger partial charge in [0.1, 0.15) is 18.1 Å². The minimum absolute atomic E-state index is 0.102. The van der Waals surface area contributed by atoms with Gasteiger partial charge < -0.3 is 23.8 Å². The van der Waals surface area contributed by atoms with Crippen LogP contribution in [0.25, 0.3) is 0 Å². The molecule has 1 aromatic carbocycles. The Kier molecular flexibility index (Phi) is 5.80. The zero-order chi connectivity index (χ0) is 20.2. The number of hydrogen-bond acceptors (Lipinski definition) is 5. The molecule has 0 radical (unpaired) electrons. The molecule has 154 valence electrons. The third-order valence-electron chi connectivity index (χ3n) is 5.31. The number of benzene rings is 1. The van der Waals surface area contributed by atoms with E-state index in [9.17, 15) is 9.59 Å². The van der Waals surface area contributed by atoms with Crippen LogP contribution < -0.4 is 4.74 Å². The Balaban J connectivity index is 1.42. The predicted molar refractivity (Wildman–Crippen MR) is 106 cm³/mol. The number of aryl methyl sites for hydroxylation is 2. The van der Waals surface area contributed by atoms with E-state index in [4.69, 9.17) is 9.47 Å². The molecule has 0 bridgehead atoms. The summed E-state index contributed by atoms with van der Waals surface area (Å²) in [4.78, 5) is 33.0. The lowest BCUT2D eigenvalue weighted by Gasteiger charge is -2.26. The first-order chi connectivity index (χ1) is 14.1. The molecular formula is C21H26N4O4. The lowest BCUT2D eigenvalue weighted by molar-refractivity contribution is -0.135. The molecule has 1 fully saturated rings. The number of aromatic nitrogens is 2. The van der Waals surface area contributed by atoms with Crippen molar-refractivity contribution < 1.29 is 19.1 Å². The zero-order valence-corrected chi connectivity index (χ0v) is 16.7. The number of fused-ring (bicyclic) bond motifs is 1. The van der Waals surface area contributed by atoms with Crippen molar-refractivity contribution in [3.63, 3.8) is 0 Å². The summed E-state index contributed by atoms with van der Waals surface area (Å²) in [5, 5.41) is 0. The maximum atomic E-state index is 12.8. The third kappa shape index (κ3) is 4.59. The third-order valence-corrected chi connectivity index (χ3v) is 5.31. The summed E-state index contributed by atoms with van der Waals surface area (Å²) >= 11 is 0. The molecule has 0 aliphatic carbocycles. The number of morpholine rings is 1. The standard InChI is InChI=1S/C21H26N4O4/c1-23-14-18(22-15-23)21(27)25-8-11-29-19-4-2-16(12-17(19)13-25)3-5-20(26)24-6-9-28-10-7-24/h2,4,12,14-15H,3,5-11,13H2,1H3. The van der Waals surface area contributed by atoms with Crippen molar-refractivity contribution in [1.29, 1.82) is 0 Å². The van der Waals surface area contributed by atoms with Crippen LogP contribution in [-0.4, -0.2) is 70.6 Å². The fourth-order valence-corrected chi connectivity index (χ4v) is 3.68. The van der Waals surface area contributed by atoms with Gasteiger partial charge in [-0.15, -0.1) is 0 Å². The SMILES string of the molecule is Cn1cnc(C(=O)N2CCOc3ccc(CCC(=O)N4CCOCC4)cc3C2)c1. The summed E-state index contributed by atoms with van der Waals surface area (Å²) in [6, 6.07) is 5.99. The number of ether oxygens (including phenoxy) is 2. The number of amides is 2. The van der Waals surface area contributed by atoms with Gasteiger partial charge in [-0.25, -0.2) is 4.98 Å². The Morgan fingerprint density at radius 3 is 2.66 bits per heavy atom. The molecule has 0 unspecified atom stereocenters. The molecule has 1 aromatic heterocycles. The van der Waals surface area contributed by atoms with E-state index in [2.05, 4.69) is 4.98 Å². The lowest BCUT2D eigenvalue weighted by Crippen LogP contribution is -2.40. The van der Waals surface area contributed by atoms with Gasteiger partial charge in [-0.3, -0.25) is 9.59 Å². The van der Waals surface area contributed by atoms with Crippen molar-refractivity contribution in [3.8, 4) is 5.75 Å². The van der Waals surface area contributed by atoms with Gasteiger partial charge in [-0.05, 0) is 18.1 Å². The smallest absolute Gasteiger partial charge is 0.274 e. The van der Waals surface area contributed by atoms with Gasteiger partial charge in [-0.1, -0.05) is 12.1 Å². The molecule has 2 aliphatic rings. The first-order valence-electron chi connectivity index (χ1n) is 9.97. The van der Waals surface area contributed by atoms with E-state index in [1.54, 1.807) is 22.0 Å². The quantitative estimate of drug-likeness (QED) is 0.775. The summed E-state index contributed by atoms with van der Waals surface area (Å²) in [6.45, 7) is 3.98. The van der Waals surface area contributed by atoms with Crippen LogP contribution in [0.4, 0.5) is 0 Å². The van der Waals surface area contributed by atoms with E-state index in [-0.39, 0.29) is 11.8 Å². The Hall–Kier alpha value is -2.87. The van der Waals surface area contributed by atoms with E-state index >= 15 is 0 Å². The van der Waals surface area contributed by atoms with E-state index in [0.717, 1.165) is 16.9 Å². The maximum Gasteiger partial charge on any atom is 0.274 e. The highest BCUT2D eigenvalue weighted by Crippen LogP contribution is 2.25. The van der Waals surface area contributed by atoms with Gasteiger partial charge in [0.25, 0.3) is 5.91 Å². The molecule has 0 atom stereocenters. The highest BCUT2D eigenvalue weighted by atomic mass is 16.5. The summed E-state index contributed by atoms with van der Waals surface area (Å²) in [6.07, 6.45) is 4.48. The van der Waals surface area contributed by atoms with E-state index < -0.39 is 0 Å². The predicted octanol–water partition coefficient (Wildman–Crippen LogP) is 1.25. The second-order valence-electron chi connectivity index (χ2n) is 7.43. The molecule has 29 heavy (non-hydrogen) atoms. The number of rotatable bonds is 4. The molecule has 0 saturated carbocycles. The molecule has 0 spiro atoms. The molecule has 2 aromatic rings. The molecule has 1 saturated heterocycles. The van der Waals surface area contributed by atoms with Crippen molar-refractivity contribution >= 4 is 11.8 Å². The van der Waals surface area contributed by atoms with Crippen LogP contribution in [0.15, 0.2) is 30.7 Å².